The van der Waals surface area contributed by atoms with Crippen molar-refractivity contribution in [1.82, 2.24) is 4.98 Å². The fraction of sp³-hybridized carbons (Fsp3) is 0.200. The smallest absolute Gasteiger partial charge is 0.266 e. The highest BCUT2D eigenvalue weighted by Gasteiger charge is 2.16. The molecule has 0 spiro atoms. The summed E-state index contributed by atoms with van der Waals surface area (Å²) in [5.74, 6) is 0.881. The predicted molar refractivity (Wildman–Crippen MR) is 89.5 cm³/mol. The Hall–Kier alpha value is -1.40. The summed E-state index contributed by atoms with van der Waals surface area (Å²) >= 11 is 6.77. The van der Waals surface area contributed by atoms with Gasteiger partial charge in [0.2, 0.25) is 0 Å². The molecule has 1 N–H and O–H groups in total. The molecule has 1 atom stereocenters. The fourth-order valence-electron chi connectivity index (χ4n) is 1.65. The van der Waals surface area contributed by atoms with Gasteiger partial charge in [-0.1, -0.05) is 15.9 Å². The van der Waals surface area contributed by atoms with Gasteiger partial charge < -0.3 is 10.1 Å². The molecule has 0 fully saturated rings. The number of aryl methyl sites for hydroxylation is 1. The molecule has 0 aliphatic heterocycles. The third-order valence-electron chi connectivity index (χ3n) is 2.73. The van der Waals surface area contributed by atoms with E-state index in [0.29, 0.717) is 11.6 Å². The molecule has 2 aromatic rings. The van der Waals surface area contributed by atoms with Gasteiger partial charge in [-0.05, 0) is 65.7 Å². The van der Waals surface area contributed by atoms with Crippen LogP contribution in [-0.4, -0.2) is 17.0 Å². The molecule has 2 rings (SSSR count). The van der Waals surface area contributed by atoms with Crippen LogP contribution in [0.5, 0.6) is 5.75 Å². The van der Waals surface area contributed by atoms with E-state index in [4.69, 9.17) is 4.74 Å². The molecule has 1 heterocycles. The lowest BCUT2D eigenvalue weighted by Crippen LogP contribution is -2.30. The maximum atomic E-state index is 12.1. The first-order chi connectivity index (χ1) is 9.95. The summed E-state index contributed by atoms with van der Waals surface area (Å²) in [5.41, 5.74) is 1.03. The topological polar surface area (TPSA) is 51.2 Å². The number of rotatable bonds is 4. The number of hydrogen-bond acceptors (Lipinski definition) is 3. The van der Waals surface area contributed by atoms with Crippen molar-refractivity contribution in [2.45, 2.75) is 20.0 Å². The second-order valence-corrected chi connectivity index (χ2v) is 6.31. The molecule has 0 saturated heterocycles. The molecule has 1 unspecified atom stereocenters. The maximum Gasteiger partial charge on any atom is 0.266 e. The van der Waals surface area contributed by atoms with Crippen LogP contribution < -0.4 is 10.1 Å². The van der Waals surface area contributed by atoms with Gasteiger partial charge in [-0.2, -0.15) is 0 Å². The molecule has 1 aromatic heterocycles. The Balaban J connectivity index is 2.02. The summed E-state index contributed by atoms with van der Waals surface area (Å²) in [6, 6.07) is 9.19. The number of carbonyl (C=O) groups is 1. The molecule has 6 heteroatoms. The van der Waals surface area contributed by atoms with Gasteiger partial charge in [-0.25, -0.2) is 4.98 Å². The van der Waals surface area contributed by atoms with Crippen LogP contribution in [0.3, 0.4) is 0 Å². The molecule has 1 aromatic carbocycles. The van der Waals surface area contributed by atoms with Crippen LogP contribution in [-0.2, 0) is 4.79 Å². The highest BCUT2D eigenvalue weighted by molar-refractivity contribution is 9.11. The summed E-state index contributed by atoms with van der Waals surface area (Å²) < 4.78 is 7.37. The van der Waals surface area contributed by atoms with Gasteiger partial charge in [0.1, 0.15) is 11.6 Å². The number of benzene rings is 1. The second kappa shape index (κ2) is 7.04. The number of aromatic nitrogens is 1. The number of ether oxygens (including phenoxy) is 1. The zero-order valence-corrected chi connectivity index (χ0v) is 14.7. The third kappa shape index (κ3) is 4.54. The zero-order chi connectivity index (χ0) is 15.4. The molecule has 110 valence electrons. The van der Waals surface area contributed by atoms with E-state index in [9.17, 15) is 4.79 Å². The lowest BCUT2D eigenvalue weighted by Gasteiger charge is -2.15. The van der Waals surface area contributed by atoms with Crippen LogP contribution >= 0.6 is 31.9 Å². The normalized spacial score (nSPS) is 11.8. The molecule has 1 amide bonds. The van der Waals surface area contributed by atoms with Gasteiger partial charge in [0, 0.05) is 10.7 Å². The number of pyridine rings is 1. The van der Waals surface area contributed by atoms with E-state index in [2.05, 4.69) is 42.2 Å². The van der Waals surface area contributed by atoms with Crippen LogP contribution in [0.2, 0.25) is 0 Å². The minimum atomic E-state index is -0.634. The molecule has 0 aliphatic carbocycles. The quantitative estimate of drug-likeness (QED) is 0.811. The molecule has 0 aliphatic rings. The van der Waals surface area contributed by atoms with E-state index < -0.39 is 6.10 Å². The number of carbonyl (C=O) groups excluding carboxylic acids is 1. The largest absolute Gasteiger partial charge is 0.480 e. The van der Waals surface area contributed by atoms with E-state index in [-0.39, 0.29) is 5.91 Å². The molecular formula is C15H14Br2N2O2. The van der Waals surface area contributed by atoms with Crippen molar-refractivity contribution in [1.29, 1.82) is 0 Å². The Morgan fingerprint density at radius 1 is 1.29 bits per heavy atom. The Labute approximate surface area is 140 Å². The van der Waals surface area contributed by atoms with Crippen LogP contribution in [0.1, 0.15) is 12.5 Å². The van der Waals surface area contributed by atoms with E-state index in [0.717, 1.165) is 14.5 Å². The molecule has 0 saturated carbocycles. The number of amides is 1. The minimum absolute atomic E-state index is 0.247. The number of nitrogens with zero attached hydrogens (tertiary/aromatic N) is 1. The Morgan fingerprint density at radius 2 is 2.05 bits per heavy atom. The molecule has 21 heavy (non-hydrogen) atoms. The van der Waals surface area contributed by atoms with Crippen molar-refractivity contribution < 1.29 is 9.53 Å². The van der Waals surface area contributed by atoms with Crippen molar-refractivity contribution in [3.8, 4) is 5.75 Å². The lowest BCUT2D eigenvalue weighted by molar-refractivity contribution is -0.122. The average molecular weight is 414 g/mol. The summed E-state index contributed by atoms with van der Waals surface area (Å²) in [7, 11) is 0. The van der Waals surface area contributed by atoms with Crippen molar-refractivity contribution in [2.75, 3.05) is 5.32 Å². The number of nitrogens with one attached hydrogen (secondary N) is 1. The molecule has 4 nitrogen and oxygen atoms in total. The Morgan fingerprint density at radius 3 is 2.71 bits per heavy atom. The monoisotopic (exact) mass is 412 g/mol. The number of halogens is 2. The van der Waals surface area contributed by atoms with Gasteiger partial charge in [0.05, 0.1) is 4.47 Å². The average Bonchev–Trinajstić information content (AvgIpc) is 2.41. The fourth-order valence-corrected chi connectivity index (χ4v) is 2.79. The summed E-state index contributed by atoms with van der Waals surface area (Å²) in [4.78, 5) is 16.2. The molecule has 0 bridgehead atoms. The predicted octanol–water partition coefficient (Wildman–Crippen LogP) is 4.32. The van der Waals surface area contributed by atoms with Crippen molar-refractivity contribution in [3.63, 3.8) is 0 Å². The first kappa shape index (κ1) is 16.0. The van der Waals surface area contributed by atoms with E-state index in [1.54, 1.807) is 25.3 Å². The minimum Gasteiger partial charge on any atom is -0.480 e. The van der Waals surface area contributed by atoms with Gasteiger partial charge in [0.15, 0.2) is 6.10 Å². The third-order valence-corrected chi connectivity index (χ3v) is 3.85. The van der Waals surface area contributed by atoms with Crippen LogP contribution in [0, 0.1) is 6.92 Å². The number of anilines is 1. The van der Waals surface area contributed by atoms with E-state index >= 15 is 0 Å². The van der Waals surface area contributed by atoms with Gasteiger partial charge >= 0.3 is 0 Å². The Kier molecular flexibility index (Phi) is 5.36. The van der Waals surface area contributed by atoms with Crippen molar-refractivity contribution in [3.05, 3.63) is 51.0 Å². The number of hydrogen-bond donors (Lipinski definition) is 1. The van der Waals surface area contributed by atoms with E-state index in [1.165, 1.54) is 0 Å². The Bertz CT molecular complexity index is 662. The van der Waals surface area contributed by atoms with Gasteiger partial charge in [-0.15, -0.1) is 0 Å². The summed E-state index contributed by atoms with van der Waals surface area (Å²) in [6.45, 7) is 3.63. The van der Waals surface area contributed by atoms with Crippen LogP contribution in [0.15, 0.2) is 45.5 Å². The van der Waals surface area contributed by atoms with E-state index in [1.807, 2.05) is 25.1 Å². The second-order valence-electron chi connectivity index (χ2n) is 4.54. The summed E-state index contributed by atoms with van der Waals surface area (Å²) in [6.07, 6.45) is 1.02. The maximum absolute atomic E-state index is 12.1. The SMILES string of the molecule is Cc1ccnc(NC(=O)C(C)Oc2ccc(Br)cc2Br)c1. The molecule has 0 radical (unpaired) electrons. The first-order valence-electron chi connectivity index (χ1n) is 6.31. The van der Waals surface area contributed by atoms with Crippen molar-refractivity contribution in [2.24, 2.45) is 0 Å². The summed E-state index contributed by atoms with van der Waals surface area (Å²) in [5, 5.41) is 2.73. The lowest BCUT2D eigenvalue weighted by atomic mass is 10.3. The first-order valence-corrected chi connectivity index (χ1v) is 7.89. The zero-order valence-electron chi connectivity index (χ0n) is 11.6. The van der Waals surface area contributed by atoms with Gasteiger partial charge in [0.25, 0.3) is 5.91 Å². The van der Waals surface area contributed by atoms with Crippen LogP contribution in [0.4, 0.5) is 5.82 Å². The van der Waals surface area contributed by atoms with Crippen molar-refractivity contribution >= 4 is 43.6 Å². The molecular weight excluding hydrogens is 400 g/mol. The standard InChI is InChI=1S/C15H14Br2N2O2/c1-9-5-6-18-14(7-9)19-15(20)10(2)21-13-4-3-11(16)8-12(13)17/h3-8,10H,1-2H3,(H,18,19,20). The van der Waals surface area contributed by atoms with Crippen LogP contribution in [0.25, 0.3) is 0 Å². The highest BCUT2D eigenvalue weighted by Crippen LogP contribution is 2.29. The van der Waals surface area contributed by atoms with Gasteiger partial charge in [-0.3, -0.25) is 4.79 Å². The highest BCUT2D eigenvalue weighted by atomic mass is 79.9.